The lowest BCUT2D eigenvalue weighted by Gasteiger charge is -2.22. The number of aliphatic imine (C=N–C) groups is 1. The van der Waals surface area contributed by atoms with Gasteiger partial charge in [-0.1, -0.05) is 42.1 Å². The Kier molecular flexibility index (Phi) is 4.12. The maximum absolute atomic E-state index is 12.4. The molecule has 2 aromatic rings. The van der Waals surface area contributed by atoms with Gasteiger partial charge in [0.05, 0.1) is 5.57 Å². The molecule has 130 valence electrons. The molecule has 3 heterocycles. The summed E-state index contributed by atoms with van der Waals surface area (Å²) >= 11 is 1.36. The lowest BCUT2D eigenvalue weighted by molar-refractivity contribution is -0.114. The number of aromatic nitrogens is 1. The van der Waals surface area contributed by atoms with E-state index >= 15 is 0 Å². The quantitative estimate of drug-likeness (QED) is 0.842. The van der Waals surface area contributed by atoms with E-state index in [2.05, 4.69) is 34.7 Å². The molecule has 0 aliphatic carbocycles. The fraction of sp³-hybridized carbons (Fsp3) is 0.150. The van der Waals surface area contributed by atoms with Crippen molar-refractivity contribution in [3.8, 4) is 0 Å². The summed E-state index contributed by atoms with van der Waals surface area (Å²) in [6, 6.07) is 12.3. The van der Waals surface area contributed by atoms with Crippen molar-refractivity contribution in [3.63, 3.8) is 0 Å². The minimum absolute atomic E-state index is 0.175. The molecule has 5 nitrogen and oxygen atoms in total. The van der Waals surface area contributed by atoms with Crippen molar-refractivity contribution >= 4 is 34.7 Å². The van der Waals surface area contributed by atoms with Gasteiger partial charge in [-0.05, 0) is 42.5 Å². The Morgan fingerprint density at radius 2 is 2.00 bits per heavy atom. The zero-order valence-corrected chi connectivity index (χ0v) is 15.4. The summed E-state index contributed by atoms with van der Waals surface area (Å²) in [7, 11) is 0. The van der Waals surface area contributed by atoms with E-state index in [9.17, 15) is 4.79 Å². The number of benzene rings is 1. The minimum atomic E-state index is -0.356. The Morgan fingerprint density at radius 3 is 2.77 bits per heavy atom. The molecule has 0 unspecified atom stereocenters. The third-order valence-corrected chi connectivity index (χ3v) is 5.37. The molecule has 0 saturated heterocycles. The molecule has 0 spiro atoms. The van der Waals surface area contributed by atoms with Gasteiger partial charge in [-0.25, -0.2) is 0 Å². The summed E-state index contributed by atoms with van der Waals surface area (Å²) in [5, 5.41) is 10.7. The molecule has 6 heteroatoms. The molecule has 1 amide bonds. The number of hydrogen-bond acceptors (Lipinski definition) is 3. The van der Waals surface area contributed by atoms with Crippen LogP contribution in [0.25, 0.3) is 6.08 Å². The molecule has 1 aromatic heterocycles. The zero-order valence-electron chi connectivity index (χ0n) is 14.6. The second-order valence-electron chi connectivity index (χ2n) is 6.28. The lowest BCUT2D eigenvalue weighted by atomic mass is 10.1. The van der Waals surface area contributed by atoms with Gasteiger partial charge in [0.1, 0.15) is 5.84 Å². The molecule has 2 aliphatic rings. The first-order valence-corrected chi connectivity index (χ1v) is 9.19. The second kappa shape index (κ2) is 6.46. The van der Waals surface area contributed by atoms with Crippen LogP contribution >= 0.6 is 11.8 Å². The van der Waals surface area contributed by atoms with Crippen LogP contribution in [0.5, 0.6) is 0 Å². The lowest BCUT2D eigenvalue weighted by Crippen LogP contribution is -2.35. The predicted molar refractivity (Wildman–Crippen MR) is 106 cm³/mol. The molecule has 0 atom stereocenters. The fourth-order valence-electron chi connectivity index (χ4n) is 3.17. The first-order chi connectivity index (χ1) is 12.5. The molecule has 0 bridgehead atoms. The third kappa shape index (κ3) is 2.82. The maximum atomic E-state index is 12.4. The molecule has 0 saturated carbocycles. The van der Waals surface area contributed by atoms with E-state index in [-0.39, 0.29) is 11.7 Å². The van der Waals surface area contributed by atoms with Gasteiger partial charge in [0.15, 0.2) is 5.17 Å². The van der Waals surface area contributed by atoms with Gasteiger partial charge in [-0.3, -0.25) is 15.1 Å². The highest BCUT2D eigenvalue weighted by Gasteiger charge is 2.31. The van der Waals surface area contributed by atoms with E-state index in [1.807, 2.05) is 30.5 Å². The van der Waals surface area contributed by atoms with E-state index in [0.29, 0.717) is 10.7 Å². The number of nitrogens with zero attached hydrogens (tertiary/aromatic N) is 3. The Balaban J connectivity index is 1.70. The van der Waals surface area contributed by atoms with Gasteiger partial charge in [-0.15, -0.1) is 0 Å². The van der Waals surface area contributed by atoms with E-state index in [0.717, 1.165) is 23.5 Å². The predicted octanol–water partition coefficient (Wildman–Crippen LogP) is 3.93. The SMILES string of the molecule is Cc1cc(C=C2C(=N)N3C=CSC3=NC2=O)c(C)n1Cc1ccccc1. The number of thioether (sulfide) groups is 1. The second-order valence-corrected chi connectivity index (χ2v) is 7.15. The molecule has 0 radical (unpaired) electrons. The molecule has 0 fully saturated rings. The van der Waals surface area contributed by atoms with Crippen LogP contribution < -0.4 is 0 Å². The van der Waals surface area contributed by atoms with Crippen molar-refractivity contribution in [2.24, 2.45) is 4.99 Å². The van der Waals surface area contributed by atoms with E-state index in [4.69, 9.17) is 5.41 Å². The normalized spacial score (nSPS) is 17.8. The highest BCUT2D eigenvalue weighted by atomic mass is 32.2. The van der Waals surface area contributed by atoms with E-state index < -0.39 is 0 Å². The average Bonchev–Trinajstić information content (AvgIpc) is 3.19. The highest BCUT2D eigenvalue weighted by Crippen LogP contribution is 2.28. The summed E-state index contributed by atoms with van der Waals surface area (Å²) in [5.41, 5.74) is 4.68. The number of hydrogen-bond donors (Lipinski definition) is 1. The smallest absolute Gasteiger partial charge is 0.283 e. The summed E-state index contributed by atoms with van der Waals surface area (Å²) in [6.07, 6.45) is 3.55. The minimum Gasteiger partial charge on any atom is -0.344 e. The number of carbonyl (C=O) groups is 1. The molecular formula is C20H18N4OS. The van der Waals surface area contributed by atoms with Crippen LogP contribution in [-0.2, 0) is 11.3 Å². The fourth-order valence-corrected chi connectivity index (χ4v) is 3.88. The molecule has 26 heavy (non-hydrogen) atoms. The van der Waals surface area contributed by atoms with Gasteiger partial charge in [-0.2, -0.15) is 4.99 Å². The number of carbonyl (C=O) groups excluding carboxylic acids is 1. The first kappa shape index (κ1) is 16.6. The van der Waals surface area contributed by atoms with Crippen LogP contribution in [0.1, 0.15) is 22.5 Å². The largest absolute Gasteiger partial charge is 0.344 e. The van der Waals surface area contributed by atoms with Gasteiger partial charge in [0.25, 0.3) is 5.91 Å². The van der Waals surface area contributed by atoms with Crippen molar-refractivity contribution in [1.29, 1.82) is 5.41 Å². The zero-order chi connectivity index (χ0) is 18.3. The number of amides is 1. The van der Waals surface area contributed by atoms with Crippen LogP contribution in [0.2, 0.25) is 0 Å². The molecule has 4 rings (SSSR count). The van der Waals surface area contributed by atoms with Gasteiger partial charge in [0.2, 0.25) is 0 Å². The third-order valence-electron chi connectivity index (χ3n) is 4.61. The van der Waals surface area contributed by atoms with E-state index in [1.54, 1.807) is 17.2 Å². The van der Waals surface area contributed by atoms with Crippen LogP contribution in [0.3, 0.4) is 0 Å². The Morgan fingerprint density at radius 1 is 1.23 bits per heavy atom. The van der Waals surface area contributed by atoms with Gasteiger partial charge in [0, 0.05) is 24.1 Å². The number of amidine groups is 2. The average molecular weight is 362 g/mol. The highest BCUT2D eigenvalue weighted by molar-refractivity contribution is 8.16. The molecular weight excluding hydrogens is 344 g/mol. The van der Waals surface area contributed by atoms with Crippen molar-refractivity contribution in [3.05, 3.63) is 76.1 Å². The van der Waals surface area contributed by atoms with Gasteiger partial charge >= 0.3 is 0 Å². The summed E-state index contributed by atoms with van der Waals surface area (Å²) < 4.78 is 2.22. The van der Waals surface area contributed by atoms with Crippen molar-refractivity contribution in [2.45, 2.75) is 20.4 Å². The molecule has 2 aliphatic heterocycles. The number of rotatable bonds is 3. The maximum Gasteiger partial charge on any atom is 0.283 e. The topological polar surface area (TPSA) is 61.5 Å². The molecule has 1 aromatic carbocycles. The van der Waals surface area contributed by atoms with Crippen LogP contribution in [0.15, 0.2) is 58.6 Å². The standard InChI is InChI=1S/C20H18N4OS/c1-13-10-16(14(2)24(13)12-15-6-4-3-5-7-15)11-17-18(21)23-8-9-26-20(23)22-19(17)25/h3-11,21H,12H2,1-2H3. The summed E-state index contributed by atoms with van der Waals surface area (Å²) in [5.74, 6) is -0.181. The molecule has 1 N–H and O–H groups in total. The van der Waals surface area contributed by atoms with Crippen LogP contribution in [0, 0.1) is 19.3 Å². The van der Waals surface area contributed by atoms with Crippen LogP contribution in [-0.4, -0.2) is 26.4 Å². The summed E-state index contributed by atoms with van der Waals surface area (Å²) in [6.45, 7) is 4.88. The number of fused-ring (bicyclic) bond motifs is 1. The Labute approximate surface area is 156 Å². The Bertz CT molecular complexity index is 998. The first-order valence-electron chi connectivity index (χ1n) is 8.31. The number of aryl methyl sites for hydroxylation is 1. The number of nitrogens with one attached hydrogen (secondary N) is 1. The van der Waals surface area contributed by atoms with Crippen LogP contribution in [0.4, 0.5) is 0 Å². The van der Waals surface area contributed by atoms with Crippen molar-refractivity contribution < 1.29 is 4.79 Å². The van der Waals surface area contributed by atoms with Crippen molar-refractivity contribution in [1.82, 2.24) is 9.47 Å². The monoisotopic (exact) mass is 362 g/mol. The van der Waals surface area contributed by atoms with Crippen molar-refractivity contribution in [2.75, 3.05) is 0 Å². The summed E-state index contributed by atoms with van der Waals surface area (Å²) in [4.78, 5) is 18.1. The van der Waals surface area contributed by atoms with Gasteiger partial charge < -0.3 is 4.57 Å². The Hall–Kier alpha value is -2.86. The van der Waals surface area contributed by atoms with E-state index in [1.165, 1.54) is 17.3 Å².